The molecule has 1 aromatic rings. The second kappa shape index (κ2) is 6.88. The van der Waals surface area contributed by atoms with Gasteiger partial charge in [-0.15, -0.1) is 0 Å². The van der Waals surface area contributed by atoms with E-state index in [9.17, 15) is 4.79 Å². The van der Waals surface area contributed by atoms with Crippen molar-refractivity contribution in [1.29, 1.82) is 0 Å². The first-order valence-electron chi connectivity index (χ1n) is 7.46. The zero-order valence-corrected chi connectivity index (χ0v) is 12.7. The number of ether oxygens (including phenoxy) is 1. The smallest absolute Gasteiger partial charge is 0.220 e. The zero-order chi connectivity index (χ0) is 14.5. The molecular formula is C15H25N3O2. The van der Waals surface area contributed by atoms with Crippen LogP contribution in [0.4, 0.5) is 0 Å². The van der Waals surface area contributed by atoms with Gasteiger partial charge in [-0.25, -0.2) is 0 Å². The standard InChI is InChI=1S/C15H25N3O2/c1-11(2)6-8-16-15(19)5-4-13-12-10-20-9-7-14(12)18(3)17-13/h11H,4-10H2,1-3H3,(H,16,19). The van der Waals surface area contributed by atoms with Gasteiger partial charge in [0.25, 0.3) is 0 Å². The van der Waals surface area contributed by atoms with Crippen molar-refractivity contribution in [2.75, 3.05) is 13.2 Å². The summed E-state index contributed by atoms with van der Waals surface area (Å²) in [6, 6.07) is 0. The summed E-state index contributed by atoms with van der Waals surface area (Å²) < 4.78 is 7.43. The lowest BCUT2D eigenvalue weighted by Crippen LogP contribution is -2.25. The minimum atomic E-state index is 0.113. The molecule has 0 spiro atoms. The first-order chi connectivity index (χ1) is 9.58. The van der Waals surface area contributed by atoms with Crippen LogP contribution in [0, 0.1) is 5.92 Å². The number of aromatic nitrogens is 2. The molecule has 1 aliphatic rings. The van der Waals surface area contributed by atoms with Crippen LogP contribution in [0.1, 0.15) is 43.6 Å². The van der Waals surface area contributed by atoms with E-state index in [1.54, 1.807) is 0 Å². The quantitative estimate of drug-likeness (QED) is 0.860. The van der Waals surface area contributed by atoms with Crippen LogP contribution in [0.5, 0.6) is 0 Å². The first kappa shape index (κ1) is 15.0. The van der Waals surface area contributed by atoms with Crippen molar-refractivity contribution < 1.29 is 9.53 Å². The lowest BCUT2D eigenvalue weighted by Gasteiger charge is -2.13. The SMILES string of the molecule is CC(C)CCNC(=O)CCc1nn(C)c2c1COCC2. The maximum atomic E-state index is 11.8. The van der Waals surface area contributed by atoms with Crippen molar-refractivity contribution in [1.82, 2.24) is 15.1 Å². The van der Waals surface area contributed by atoms with Crippen molar-refractivity contribution in [3.05, 3.63) is 17.0 Å². The topological polar surface area (TPSA) is 56.2 Å². The van der Waals surface area contributed by atoms with Gasteiger partial charge in [0.2, 0.25) is 5.91 Å². The minimum Gasteiger partial charge on any atom is -0.376 e. The summed E-state index contributed by atoms with van der Waals surface area (Å²) >= 11 is 0. The van der Waals surface area contributed by atoms with E-state index in [2.05, 4.69) is 24.3 Å². The van der Waals surface area contributed by atoms with Crippen molar-refractivity contribution in [3.63, 3.8) is 0 Å². The van der Waals surface area contributed by atoms with Gasteiger partial charge in [-0.2, -0.15) is 5.10 Å². The molecular weight excluding hydrogens is 254 g/mol. The van der Waals surface area contributed by atoms with Gasteiger partial charge in [-0.05, 0) is 12.3 Å². The summed E-state index contributed by atoms with van der Waals surface area (Å²) in [6.45, 7) is 6.48. The molecule has 5 nitrogen and oxygen atoms in total. The third-order valence-corrected chi connectivity index (χ3v) is 3.72. The Morgan fingerprint density at radius 2 is 2.30 bits per heavy atom. The second-order valence-electron chi connectivity index (χ2n) is 5.83. The molecule has 0 saturated heterocycles. The molecule has 20 heavy (non-hydrogen) atoms. The molecule has 2 rings (SSSR count). The van der Waals surface area contributed by atoms with Crippen molar-refractivity contribution in [2.45, 2.75) is 46.1 Å². The molecule has 1 aromatic heterocycles. The van der Waals surface area contributed by atoms with Crippen molar-refractivity contribution in [2.24, 2.45) is 13.0 Å². The Kier molecular flexibility index (Phi) is 5.17. The molecule has 5 heteroatoms. The number of carbonyl (C=O) groups is 1. The van der Waals surface area contributed by atoms with Crippen molar-refractivity contribution >= 4 is 5.91 Å². The van der Waals surface area contributed by atoms with Gasteiger partial charge in [0.05, 0.1) is 18.9 Å². The Morgan fingerprint density at radius 3 is 3.05 bits per heavy atom. The number of amides is 1. The largest absolute Gasteiger partial charge is 0.376 e. The lowest BCUT2D eigenvalue weighted by atomic mass is 10.1. The van der Waals surface area contributed by atoms with Gasteiger partial charge in [0.15, 0.2) is 0 Å². The molecule has 0 bridgehead atoms. The number of carbonyl (C=O) groups excluding carboxylic acids is 1. The number of hydrogen-bond acceptors (Lipinski definition) is 3. The summed E-state index contributed by atoms with van der Waals surface area (Å²) in [5.41, 5.74) is 3.46. The van der Waals surface area contributed by atoms with E-state index in [1.807, 2.05) is 11.7 Å². The highest BCUT2D eigenvalue weighted by molar-refractivity contribution is 5.76. The van der Waals surface area contributed by atoms with Crippen LogP contribution >= 0.6 is 0 Å². The van der Waals surface area contributed by atoms with E-state index in [0.717, 1.165) is 31.7 Å². The Labute approximate surface area is 120 Å². The van der Waals surface area contributed by atoms with Crippen LogP contribution in [-0.4, -0.2) is 28.8 Å². The Balaban J connectivity index is 1.83. The van der Waals surface area contributed by atoms with E-state index in [1.165, 1.54) is 11.3 Å². The van der Waals surface area contributed by atoms with E-state index in [0.29, 0.717) is 25.4 Å². The molecule has 112 valence electrons. The second-order valence-corrected chi connectivity index (χ2v) is 5.83. The van der Waals surface area contributed by atoms with E-state index >= 15 is 0 Å². The lowest BCUT2D eigenvalue weighted by molar-refractivity contribution is -0.121. The highest BCUT2D eigenvalue weighted by Gasteiger charge is 2.19. The Morgan fingerprint density at radius 1 is 1.50 bits per heavy atom. The Bertz CT molecular complexity index is 466. The van der Waals surface area contributed by atoms with Gasteiger partial charge in [-0.1, -0.05) is 13.8 Å². The third-order valence-electron chi connectivity index (χ3n) is 3.72. The van der Waals surface area contributed by atoms with Gasteiger partial charge >= 0.3 is 0 Å². The van der Waals surface area contributed by atoms with Crippen LogP contribution in [-0.2, 0) is 36.0 Å². The minimum absolute atomic E-state index is 0.113. The Hall–Kier alpha value is -1.36. The average molecular weight is 279 g/mol. The molecule has 1 amide bonds. The van der Waals surface area contributed by atoms with Gasteiger partial charge < -0.3 is 10.1 Å². The molecule has 0 aromatic carbocycles. The molecule has 0 radical (unpaired) electrons. The third kappa shape index (κ3) is 3.82. The number of aryl methyl sites for hydroxylation is 2. The maximum Gasteiger partial charge on any atom is 0.220 e. The normalized spacial score (nSPS) is 14.4. The van der Waals surface area contributed by atoms with E-state index < -0.39 is 0 Å². The number of nitrogens with one attached hydrogen (secondary N) is 1. The van der Waals surface area contributed by atoms with Crippen LogP contribution in [0.3, 0.4) is 0 Å². The summed E-state index contributed by atoms with van der Waals surface area (Å²) in [5.74, 6) is 0.733. The number of hydrogen-bond donors (Lipinski definition) is 1. The van der Waals surface area contributed by atoms with Gasteiger partial charge in [0.1, 0.15) is 0 Å². The predicted octanol–water partition coefficient (Wildman–Crippen LogP) is 1.59. The fraction of sp³-hybridized carbons (Fsp3) is 0.733. The zero-order valence-electron chi connectivity index (χ0n) is 12.7. The van der Waals surface area contributed by atoms with Crippen LogP contribution in [0.2, 0.25) is 0 Å². The summed E-state index contributed by atoms with van der Waals surface area (Å²) in [5, 5.41) is 7.50. The summed E-state index contributed by atoms with van der Waals surface area (Å²) in [6.07, 6.45) is 3.14. The number of fused-ring (bicyclic) bond motifs is 1. The highest BCUT2D eigenvalue weighted by Crippen LogP contribution is 2.21. The molecule has 0 fully saturated rings. The molecule has 0 aliphatic carbocycles. The maximum absolute atomic E-state index is 11.8. The average Bonchev–Trinajstić information content (AvgIpc) is 2.73. The summed E-state index contributed by atoms with van der Waals surface area (Å²) in [4.78, 5) is 11.8. The van der Waals surface area contributed by atoms with Crippen LogP contribution < -0.4 is 5.32 Å². The highest BCUT2D eigenvalue weighted by atomic mass is 16.5. The monoisotopic (exact) mass is 279 g/mol. The summed E-state index contributed by atoms with van der Waals surface area (Å²) in [7, 11) is 1.97. The molecule has 0 saturated carbocycles. The van der Waals surface area contributed by atoms with Gasteiger partial charge in [-0.3, -0.25) is 9.48 Å². The molecule has 1 N–H and O–H groups in total. The van der Waals surface area contributed by atoms with E-state index in [4.69, 9.17) is 4.74 Å². The molecule has 0 atom stereocenters. The predicted molar refractivity (Wildman–Crippen MR) is 77.4 cm³/mol. The van der Waals surface area contributed by atoms with E-state index in [-0.39, 0.29) is 5.91 Å². The first-order valence-corrected chi connectivity index (χ1v) is 7.46. The fourth-order valence-corrected chi connectivity index (χ4v) is 2.51. The van der Waals surface area contributed by atoms with Crippen LogP contribution in [0.25, 0.3) is 0 Å². The van der Waals surface area contributed by atoms with Gasteiger partial charge in [0, 0.05) is 44.1 Å². The number of rotatable bonds is 6. The molecule has 0 unspecified atom stereocenters. The van der Waals surface area contributed by atoms with Crippen LogP contribution in [0.15, 0.2) is 0 Å². The molecule has 2 heterocycles. The fourth-order valence-electron chi connectivity index (χ4n) is 2.51. The molecule has 1 aliphatic heterocycles. The van der Waals surface area contributed by atoms with Crippen molar-refractivity contribution in [3.8, 4) is 0 Å². The number of nitrogens with zero attached hydrogens (tertiary/aromatic N) is 2.